The first-order valence-corrected chi connectivity index (χ1v) is 4.30. The summed E-state index contributed by atoms with van der Waals surface area (Å²) in [4.78, 5) is 21.5. The average Bonchev–Trinajstić information content (AvgIpc) is 2.72. The van der Waals surface area contributed by atoms with Gasteiger partial charge in [-0.3, -0.25) is 9.59 Å². The lowest BCUT2D eigenvalue weighted by Crippen LogP contribution is -2.31. The predicted molar refractivity (Wildman–Crippen MR) is 43.8 cm³/mol. The molecule has 76 valence electrons. The summed E-state index contributed by atoms with van der Waals surface area (Å²) >= 11 is 0. The van der Waals surface area contributed by atoms with Crippen LogP contribution in [0.5, 0.6) is 0 Å². The van der Waals surface area contributed by atoms with Crippen LogP contribution in [0.15, 0.2) is 10.4 Å². The minimum atomic E-state index is -0.0746. The van der Waals surface area contributed by atoms with E-state index in [1.54, 1.807) is 0 Å². The molecule has 2 aliphatic heterocycles. The van der Waals surface area contributed by atoms with E-state index in [2.05, 4.69) is 21.3 Å². The Morgan fingerprint density at radius 3 is 1.64 bits per heavy atom. The third-order valence-corrected chi connectivity index (χ3v) is 1.86. The Hall–Kier alpha value is -1.86. The summed E-state index contributed by atoms with van der Waals surface area (Å²) in [6.07, 6.45) is 0.844. The number of rotatable bonds is 2. The summed E-state index contributed by atoms with van der Waals surface area (Å²) in [5.41, 5.74) is 4.97. The van der Waals surface area contributed by atoms with Gasteiger partial charge in [0.2, 0.25) is 11.8 Å². The second-order valence-electron chi connectivity index (χ2n) is 3.00. The Morgan fingerprint density at radius 1 is 0.929 bits per heavy atom. The summed E-state index contributed by atoms with van der Waals surface area (Å²) in [7, 11) is 0. The molecule has 2 N–H and O–H groups in total. The highest BCUT2D eigenvalue weighted by atomic mass is 16.2. The number of carbonyl (C=O) groups is 2. The molecule has 2 rings (SSSR count). The number of amides is 2. The van der Waals surface area contributed by atoms with Crippen LogP contribution in [-0.2, 0) is 9.59 Å². The van der Waals surface area contributed by atoms with Gasteiger partial charge in [-0.2, -0.15) is 10.2 Å². The van der Waals surface area contributed by atoms with Crippen LogP contribution in [0.2, 0.25) is 0 Å². The van der Waals surface area contributed by atoms with Crippen molar-refractivity contribution in [2.75, 3.05) is 13.1 Å². The maximum absolute atomic E-state index is 10.8. The first kappa shape index (κ1) is 8.73. The summed E-state index contributed by atoms with van der Waals surface area (Å²) in [6.45, 7) is 1.01. The zero-order chi connectivity index (χ0) is 9.97. The van der Waals surface area contributed by atoms with E-state index in [-0.39, 0.29) is 11.8 Å². The summed E-state index contributed by atoms with van der Waals surface area (Å²) < 4.78 is 0. The van der Waals surface area contributed by atoms with Crippen molar-refractivity contribution in [2.24, 2.45) is 10.4 Å². The van der Waals surface area contributed by atoms with Crippen molar-refractivity contribution < 1.29 is 9.59 Å². The van der Waals surface area contributed by atoms with Crippen molar-refractivity contribution in [3.05, 3.63) is 0 Å². The second kappa shape index (κ2) is 3.48. The summed E-state index contributed by atoms with van der Waals surface area (Å²) in [5, 5.41) is 10.1. The molecule has 8 heteroatoms. The molecule has 2 amide bonds. The fourth-order valence-corrected chi connectivity index (χ4v) is 1.16. The number of hydrogen-bond acceptors (Lipinski definition) is 4. The van der Waals surface area contributed by atoms with Gasteiger partial charge in [0.25, 0.3) is 0 Å². The lowest BCUT2D eigenvalue weighted by atomic mass is 10.5. The van der Waals surface area contributed by atoms with E-state index in [9.17, 15) is 9.59 Å². The highest BCUT2D eigenvalue weighted by Gasteiger charge is 2.19. The van der Waals surface area contributed by atoms with Crippen molar-refractivity contribution >= 4 is 11.8 Å². The van der Waals surface area contributed by atoms with Crippen LogP contribution in [-0.4, -0.2) is 35.1 Å². The fraction of sp³-hybridized carbons (Fsp3) is 0.667. The SMILES string of the molecule is O=C1CCN(N=NN2CCC(=O)N2)N1. The average molecular weight is 198 g/mol. The summed E-state index contributed by atoms with van der Waals surface area (Å²) in [6, 6.07) is 0. The van der Waals surface area contributed by atoms with E-state index in [1.165, 1.54) is 10.2 Å². The predicted octanol–water partition coefficient (Wildman–Crippen LogP) is -1.26. The standard InChI is InChI=1S/C6H10N6O2/c13-5-1-3-11(7-5)9-10-12-4-2-6(14)8-12/h1-4H2,(H,7,13)(H,8,14). The van der Waals surface area contributed by atoms with Gasteiger partial charge < -0.3 is 0 Å². The van der Waals surface area contributed by atoms with Gasteiger partial charge in [-0.25, -0.2) is 10.9 Å². The van der Waals surface area contributed by atoms with E-state index >= 15 is 0 Å². The minimum absolute atomic E-state index is 0.0746. The van der Waals surface area contributed by atoms with Crippen molar-refractivity contribution in [3.63, 3.8) is 0 Å². The number of carbonyl (C=O) groups excluding carboxylic acids is 2. The van der Waals surface area contributed by atoms with Crippen molar-refractivity contribution in [1.29, 1.82) is 0 Å². The Kier molecular flexibility index (Phi) is 2.17. The monoisotopic (exact) mass is 198 g/mol. The smallest absolute Gasteiger partial charge is 0.241 e. The molecule has 0 aromatic rings. The van der Waals surface area contributed by atoms with Gasteiger partial charge in [-0.05, 0) is 10.4 Å². The molecule has 2 aliphatic rings. The van der Waals surface area contributed by atoms with E-state index in [4.69, 9.17) is 0 Å². The van der Waals surface area contributed by atoms with Crippen LogP contribution in [0.1, 0.15) is 12.8 Å². The van der Waals surface area contributed by atoms with Crippen LogP contribution >= 0.6 is 0 Å². The lowest BCUT2D eigenvalue weighted by molar-refractivity contribution is -0.122. The maximum atomic E-state index is 10.8. The van der Waals surface area contributed by atoms with Gasteiger partial charge >= 0.3 is 0 Å². The topological polar surface area (TPSA) is 89.4 Å². The van der Waals surface area contributed by atoms with Crippen LogP contribution in [0.25, 0.3) is 0 Å². The first-order valence-electron chi connectivity index (χ1n) is 4.30. The van der Waals surface area contributed by atoms with Crippen LogP contribution < -0.4 is 10.9 Å². The molecule has 0 spiro atoms. The van der Waals surface area contributed by atoms with Gasteiger partial charge in [-0.15, -0.1) is 0 Å². The third kappa shape index (κ3) is 1.90. The molecule has 2 saturated heterocycles. The molecule has 8 nitrogen and oxygen atoms in total. The normalized spacial score (nSPS) is 22.0. The van der Waals surface area contributed by atoms with E-state index in [0.717, 1.165) is 0 Å². The second-order valence-corrected chi connectivity index (χ2v) is 3.00. The van der Waals surface area contributed by atoms with Crippen molar-refractivity contribution in [1.82, 2.24) is 21.1 Å². The van der Waals surface area contributed by atoms with Gasteiger partial charge in [0.05, 0.1) is 13.1 Å². The third-order valence-electron chi connectivity index (χ3n) is 1.86. The van der Waals surface area contributed by atoms with Crippen molar-refractivity contribution in [3.8, 4) is 0 Å². The Labute approximate surface area is 79.8 Å². The van der Waals surface area contributed by atoms with Crippen LogP contribution in [0.3, 0.4) is 0 Å². The molecule has 2 fully saturated rings. The molecule has 0 radical (unpaired) electrons. The molecular formula is C6H10N6O2. The van der Waals surface area contributed by atoms with E-state index in [1.807, 2.05) is 0 Å². The van der Waals surface area contributed by atoms with E-state index in [0.29, 0.717) is 25.9 Å². The highest BCUT2D eigenvalue weighted by molar-refractivity contribution is 5.77. The molecule has 0 aromatic carbocycles. The van der Waals surface area contributed by atoms with Gasteiger partial charge in [0.1, 0.15) is 0 Å². The number of nitrogens with zero attached hydrogens (tertiary/aromatic N) is 4. The van der Waals surface area contributed by atoms with Gasteiger partial charge in [0.15, 0.2) is 0 Å². The fourth-order valence-electron chi connectivity index (χ4n) is 1.16. The molecule has 0 atom stereocenters. The van der Waals surface area contributed by atoms with Crippen LogP contribution in [0.4, 0.5) is 0 Å². The van der Waals surface area contributed by atoms with E-state index < -0.39 is 0 Å². The quantitative estimate of drug-likeness (QED) is 0.542. The number of hydrogen-bond donors (Lipinski definition) is 2. The Balaban J connectivity index is 1.82. The Morgan fingerprint density at radius 2 is 1.36 bits per heavy atom. The minimum Gasteiger partial charge on any atom is -0.273 e. The zero-order valence-corrected chi connectivity index (χ0v) is 7.43. The van der Waals surface area contributed by atoms with Crippen molar-refractivity contribution in [2.45, 2.75) is 12.8 Å². The molecule has 2 heterocycles. The molecule has 0 bridgehead atoms. The number of hydrazine groups is 2. The molecule has 0 unspecified atom stereocenters. The largest absolute Gasteiger partial charge is 0.273 e. The molecule has 0 aromatic heterocycles. The molecule has 0 saturated carbocycles. The zero-order valence-electron chi connectivity index (χ0n) is 7.43. The molecule has 0 aliphatic carbocycles. The van der Waals surface area contributed by atoms with Gasteiger partial charge in [-0.1, -0.05) is 0 Å². The number of nitrogens with one attached hydrogen (secondary N) is 2. The maximum Gasteiger partial charge on any atom is 0.241 e. The molecular weight excluding hydrogens is 188 g/mol. The lowest BCUT2D eigenvalue weighted by Gasteiger charge is -2.11. The first-order chi connectivity index (χ1) is 6.74. The Bertz CT molecular complexity index is 262. The summed E-state index contributed by atoms with van der Waals surface area (Å²) in [5.74, 6) is -0.149. The van der Waals surface area contributed by atoms with Gasteiger partial charge in [0, 0.05) is 12.8 Å². The molecule has 14 heavy (non-hydrogen) atoms. The highest BCUT2D eigenvalue weighted by Crippen LogP contribution is 2.02. The van der Waals surface area contributed by atoms with Crippen LogP contribution in [0, 0.1) is 0 Å².